The van der Waals surface area contributed by atoms with Gasteiger partial charge in [-0.2, -0.15) is 0 Å². The summed E-state index contributed by atoms with van der Waals surface area (Å²) in [6, 6.07) is 3.10. The van der Waals surface area contributed by atoms with E-state index in [9.17, 15) is 9.59 Å². The molecule has 114 valence electrons. The number of carbonyl (C=O) groups is 2. The van der Waals surface area contributed by atoms with Gasteiger partial charge in [0.25, 0.3) is 5.91 Å². The van der Waals surface area contributed by atoms with Crippen LogP contribution in [0.25, 0.3) is 0 Å². The molecule has 0 atom stereocenters. The lowest BCUT2D eigenvalue weighted by molar-refractivity contribution is -0.137. The van der Waals surface area contributed by atoms with Crippen LogP contribution in [0.1, 0.15) is 36.2 Å². The number of hydrogen-bond acceptors (Lipinski definition) is 3. The summed E-state index contributed by atoms with van der Waals surface area (Å²) in [6.45, 7) is 1.18. The maximum Gasteiger partial charge on any atom is 0.303 e. The molecule has 1 saturated heterocycles. The van der Waals surface area contributed by atoms with Gasteiger partial charge in [0.05, 0.1) is 5.02 Å². The van der Waals surface area contributed by atoms with Crippen LogP contribution in [0.5, 0.6) is 0 Å². The number of hydrogen-bond donors (Lipinski definition) is 1. The number of nitrogens with zero attached hydrogens (tertiary/aromatic N) is 2. The fraction of sp³-hybridized carbons (Fsp3) is 0.500. The Hall–Kier alpha value is -1.33. The minimum absolute atomic E-state index is 0.174. The zero-order chi connectivity index (χ0) is 15.4. The summed E-state index contributed by atoms with van der Waals surface area (Å²) in [6.07, 6.45) is 2.45. The van der Waals surface area contributed by atoms with Gasteiger partial charge in [0, 0.05) is 19.5 Å². The number of rotatable bonds is 4. The Morgan fingerprint density at radius 1 is 1.29 bits per heavy atom. The second-order valence-corrected chi connectivity index (χ2v) is 5.93. The lowest BCUT2D eigenvalue weighted by Crippen LogP contribution is -2.39. The van der Waals surface area contributed by atoms with Gasteiger partial charge < -0.3 is 10.0 Å². The molecule has 0 aliphatic carbocycles. The Balaban J connectivity index is 1.94. The highest BCUT2D eigenvalue weighted by Crippen LogP contribution is 2.25. The summed E-state index contributed by atoms with van der Waals surface area (Å²) in [5, 5.41) is 9.21. The van der Waals surface area contributed by atoms with Crippen molar-refractivity contribution in [3.05, 3.63) is 28.0 Å². The van der Waals surface area contributed by atoms with E-state index in [1.165, 1.54) is 0 Å². The molecule has 0 radical (unpaired) electrons. The summed E-state index contributed by atoms with van der Waals surface area (Å²) in [5.41, 5.74) is 0.174. The Kier molecular flexibility index (Phi) is 5.42. The lowest BCUT2D eigenvalue weighted by Gasteiger charge is -2.31. The second kappa shape index (κ2) is 7.09. The van der Waals surface area contributed by atoms with Crippen LogP contribution in [0.15, 0.2) is 12.1 Å². The summed E-state index contributed by atoms with van der Waals surface area (Å²) in [7, 11) is 0. The molecule has 0 unspecified atom stereocenters. The molecule has 0 saturated carbocycles. The van der Waals surface area contributed by atoms with Crippen LogP contribution in [-0.2, 0) is 4.79 Å². The van der Waals surface area contributed by atoms with Gasteiger partial charge in [-0.1, -0.05) is 23.2 Å². The third-order valence-corrected chi connectivity index (χ3v) is 4.20. The number of carbonyl (C=O) groups excluding carboxylic acids is 1. The first-order valence-electron chi connectivity index (χ1n) is 6.80. The van der Waals surface area contributed by atoms with Crippen molar-refractivity contribution in [2.45, 2.75) is 25.7 Å². The number of carboxylic acids is 1. The van der Waals surface area contributed by atoms with Crippen molar-refractivity contribution in [3.8, 4) is 0 Å². The van der Waals surface area contributed by atoms with E-state index < -0.39 is 5.97 Å². The van der Waals surface area contributed by atoms with Crippen molar-refractivity contribution in [2.75, 3.05) is 13.1 Å². The highest BCUT2D eigenvalue weighted by Gasteiger charge is 2.26. The third-order valence-electron chi connectivity index (χ3n) is 3.68. The molecule has 1 fully saturated rings. The molecule has 0 spiro atoms. The molecule has 1 N–H and O–H groups in total. The third kappa shape index (κ3) is 4.32. The standard InChI is InChI=1S/C14H16Cl2N2O3/c15-10-2-3-11(16)17-13(10)14(21)18-7-5-9(6-8-18)1-4-12(19)20/h2-3,9H,1,4-8H2,(H,19,20). The summed E-state index contributed by atoms with van der Waals surface area (Å²) in [5.74, 6) is -0.643. The molecule has 1 aliphatic heterocycles. The van der Waals surface area contributed by atoms with E-state index in [0.717, 1.165) is 12.8 Å². The smallest absolute Gasteiger partial charge is 0.303 e. The van der Waals surface area contributed by atoms with Gasteiger partial charge in [-0.05, 0) is 37.3 Å². The average molecular weight is 331 g/mol. The molecule has 0 bridgehead atoms. The van der Waals surface area contributed by atoms with Crippen LogP contribution in [0.4, 0.5) is 0 Å². The predicted molar refractivity (Wildman–Crippen MR) is 79.8 cm³/mol. The Morgan fingerprint density at radius 2 is 1.95 bits per heavy atom. The number of amides is 1. The molecule has 7 heteroatoms. The van der Waals surface area contributed by atoms with Crippen molar-refractivity contribution in [2.24, 2.45) is 5.92 Å². The molecule has 5 nitrogen and oxygen atoms in total. The molecular weight excluding hydrogens is 315 g/mol. The molecule has 1 amide bonds. The van der Waals surface area contributed by atoms with Crippen molar-refractivity contribution >= 4 is 35.1 Å². The predicted octanol–water partition coefficient (Wildman–Crippen LogP) is 3.11. The van der Waals surface area contributed by atoms with Crippen LogP contribution in [0.2, 0.25) is 10.2 Å². The van der Waals surface area contributed by atoms with E-state index in [0.29, 0.717) is 25.4 Å². The molecule has 21 heavy (non-hydrogen) atoms. The molecule has 2 rings (SSSR count). The summed E-state index contributed by atoms with van der Waals surface area (Å²) >= 11 is 11.8. The van der Waals surface area contributed by atoms with Crippen molar-refractivity contribution in [1.29, 1.82) is 0 Å². The Bertz CT molecular complexity index is 543. The van der Waals surface area contributed by atoms with Crippen LogP contribution in [-0.4, -0.2) is 40.0 Å². The van der Waals surface area contributed by atoms with E-state index >= 15 is 0 Å². The molecule has 1 aromatic heterocycles. The molecular formula is C14H16Cl2N2O3. The maximum absolute atomic E-state index is 12.4. The number of carboxylic acid groups (broad SMARTS) is 1. The number of halogens is 2. The fourth-order valence-electron chi connectivity index (χ4n) is 2.47. The lowest BCUT2D eigenvalue weighted by atomic mass is 9.92. The van der Waals surface area contributed by atoms with Crippen molar-refractivity contribution in [3.63, 3.8) is 0 Å². The van der Waals surface area contributed by atoms with Crippen LogP contribution >= 0.6 is 23.2 Å². The first-order chi connectivity index (χ1) is 9.97. The van der Waals surface area contributed by atoms with Gasteiger partial charge in [-0.3, -0.25) is 9.59 Å². The quantitative estimate of drug-likeness (QED) is 0.861. The average Bonchev–Trinajstić information content (AvgIpc) is 2.47. The minimum atomic E-state index is -0.775. The number of aromatic nitrogens is 1. The topological polar surface area (TPSA) is 70.5 Å². The van der Waals surface area contributed by atoms with Crippen molar-refractivity contribution in [1.82, 2.24) is 9.88 Å². The van der Waals surface area contributed by atoms with Crippen LogP contribution in [0.3, 0.4) is 0 Å². The molecule has 1 aliphatic rings. The summed E-state index contributed by atoms with van der Waals surface area (Å²) in [4.78, 5) is 28.6. The number of likely N-dealkylation sites (tertiary alicyclic amines) is 1. The van der Waals surface area contributed by atoms with Gasteiger partial charge in [0.2, 0.25) is 0 Å². The van der Waals surface area contributed by atoms with E-state index in [4.69, 9.17) is 28.3 Å². The van der Waals surface area contributed by atoms with E-state index in [1.54, 1.807) is 17.0 Å². The maximum atomic E-state index is 12.4. The zero-order valence-electron chi connectivity index (χ0n) is 11.4. The summed E-state index contributed by atoms with van der Waals surface area (Å²) < 4.78 is 0. The Labute approximate surface area is 132 Å². The fourth-order valence-corrected chi connectivity index (χ4v) is 2.80. The number of pyridine rings is 1. The van der Waals surface area contributed by atoms with Crippen LogP contribution < -0.4 is 0 Å². The number of piperidine rings is 1. The highest BCUT2D eigenvalue weighted by molar-refractivity contribution is 6.34. The van der Waals surface area contributed by atoms with Gasteiger partial charge in [0.1, 0.15) is 10.8 Å². The van der Waals surface area contributed by atoms with Gasteiger partial charge in [-0.15, -0.1) is 0 Å². The Morgan fingerprint density at radius 3 is 2.57 bits per heavy atom. The minimum Gasteiger partial charge on any atom is -0.481 e. The monoisotopic (exact) mass is 330 g/mol. The first-order valence-corrected chi connectivity index (χ1v) is 7.56. The van der Waals surface area contributed by atoms with Crippen molar-refractivity contribution < 1.29 is 14.7 Å². The van der Waals surface area contributed by atoms with E-state index in [2.05, 4.69) is 4.98 Å². The van der Waals surface area contributed by atoms with Gasteiger partial charge >= 0.3 is 5.97 Å². The zero-order valence-corrected chi connectivity index (χ0v) is 12.9. The number of aliphatic carboxylic acids is 1. The van der Waals surface area contributed by atoms with Gasteiger partial charge in [0.15, 0.2) is 0 Å². The molecule has 1 aromatic rings. The second-order valence-electron chi connectivity index (χ2n) is 5.13. The molecule has 0 aromatic carbocycles. The first kappa shape index (κ1) is 16.0. The van der Waals surface area contributed by atoms with Gasteiger partial charge in [-0.25, -0.2) is 4.98 Å². The van der Waals surface area contributed by atoms with E-state index in [-0.39, 0.29) is 28.2 Å². The van der Waals surface area contributed by atoms with Crippen LogP contribution in [0, 0.1) is 5.92 Å². The molecule has 2 heterocycles. The highest BCUT2D eigenvalue weighted by atomic mass is 35.5. The van der Waals surface area contributed by atoms with E-state index in [1.807, 2.05) is 0 Å². The normalized spacial score (nSPS) is 16.0. The largest absolute Gasteiger partial charge is 0.481 e. The SMILES string of the molecule is O=C(O)CCC1CCN(C(=O)c2nc(Cl)ccc2Cl)CC1.